The van der Waals surface area contributed by atoms with Crippen molar-refractivity contribution in [2.75, 3.05) is 20.2 Å². The summed E-state index contributed by atoms with van der Waals surface area (Å²) in [5, 5.41) is 9.01. The SMILES string of the molecule is COCc1ncc(C)n1CCC1CCN(C(=O)c2cccc(C#N)c2)CC1. The molecule has 3 rings (SSSR count). The molecule has 27 heavy (non-hydrogen) atoms. The van der Waals surface area contributed by atoms with Gasteiger partial charge >= 0.3 is 0 Å². The van der Waals surface area contributed by atoms with Gasteiger partial charge in [0.25, 0.3) is 5.91 Å². The number of imidazole rings is 1. The third-order valence-electron chi connectivity index (χ3n) is 5.31. The van der Waals surface area contributed by atoms with Crippen LogP contribution in [0.5, 0.6) is 0 Å². The van der Waals surface area contributed by atoms with E-state index in [9.17, 15) is 4.79 Å². The normalized spacial score (nSPS) is 14.9. The van der Waals surface area contributed by atoms with Crippen molar-refractivity contribution in [3.63, 3.8) is 0 Å². The van der Waals surface area contributed by atoms with E-state index < -0.39 is 0 Å². The number of likely N-dealkylation sites (tertiary alicyclic amines) is 1. The van der Waals surface area contributed by atoms with Gasteiger partial charge in [0.2, 0.25) is 0 Å². The zero-order chi connectivity index (χ0) is 19.2. The number of amides is 1. The quantitative estimate of drug-likeness (QED) is 0.787. The van der Waals surface area contributed by atoms with Crippen molar-refractivity contribution >= 4 is 5.91 Å². The van der Waals surface area contributed by atoms with Gasteiger partial charge in [-0.1, -0.05) is 6.07 Å². The van der Waals surface area contributed by atoms with Gasteiger partial charge in [-0.05, 0) is 50.3 Å². The van der Waals surface area contributed by atoms with Crippen LogP contribution >= 0.6 is 0 Å². The Morgan fingerprint density at radius 2 is 2.15 bits per heavy atom. The zero-order valence-electron chi connectivity index (χ0n) is 16.0. The maximum atomic E-state index is 12.7. The molecular formula is C21H26N4O2. The van der Waals surface area contributed by atoms with Gasteiger partial charge in [-0.25, -0.2) is 4.98 Å². The molecule has 1 aliphatic rings. The Morgan fingerprint density at radius 1 is 1.37 bits per heavy atom. The van der Waals surface area contributed by atoms with Crippen LogP contribution in [0.25, 0.3) is 0 Å². The second kappa shape index (κ2) is 8.83. The second-order valence-corrected chi connectivity index (χ2v) is 7.12. The minimum absolute atomic E-state index is 0.0263. The lowest BCUT2D eigenvalue weighted by atomic mass is 9.93. The number of nitriles is 1. The maximum Gasteiger partial charge on any atom is 0.253 e. The van der Waals surface area contributed by atoms with E-state index in [1.807, 2.05) is 11.1 Å². The van der Waals surface area contributed by atoms with E-state index in [-0.39, 0.29) is 5.91 Å². The van der Waals surface area contributed by atoms with Crippen LogP contribution in [0.15, 0.2) is 30.5 Å². The van der Waals surface area contributed by atoms with E-state index in [1.165, 1.54) is 0 Å². The largest absolute Gasteiger partial charge is 0.377 e. The summed E-state index contributed by atoms with van der Waals surface area (Å²) in [6.45, 7) is 5.08. The van der Waals surface area contributed by atoms with E-state index in [4.69, 9.17) is 10.00 Å². The van der Waals surface area contributed by atoms with Crippen LogP contribution in [0.2, 0.25) is 0 Å². The van der Waals surface area contributed by atoms with Crippen LogP contribution in [-0.2, 0) is 17.9 Å². The number of rotatable bonds is 6. The zero-order valence-corrected chi connectivity index (χ0v) is 16.0. The van der Waals surface area contributed by atoms with Gasteiger partial charge in [-0.2, -0.15) is 5.26 Å². The molecule has 6 nitrogen and oxygen atoms in total. The lowest BCUT2D eigenvalue weighted by Crippen LogP contribution is -2.38. The summed E-state index contributed by atoms with van der Waals surface area (Å²) in [6.07, 6.45) is 5.00. The fraction of sp³-hybridized carbons (Fsp3) is 0.476. The van der Waals surface area contributed by atoms with Crippen molar-refractivity contribution in [3.05, 3.63) is 53.1 Å². The van der Waals surface area contributed by atoms with E-state index in [1.54, 1.807) is 31.4 Å². The molecule has 142 valence electrons. The molecule has 2 heterocycles. The molecule has 1 aliphatic heterocycles. The van der Waals surface area contributed by atoms with Gasteiger partial charge in [0.05, 0.1) is 11.6 Å². The van der Waals surface area contributed by atoms with Crippen LogP contribution in [0.1, 0.15) is 46.7 Å². The van der Waals surface area contributed by atoms with Gasteiger partial charge in [-0.15, -0.1) is 0 Å². The summed E-state index contributed by atoms with van der Waals surface area (Å²) in [7, 11) is 1.69. The average Bonchev–Trinajstić information content (AvgIpc) is 3.06. The number of benzene rings is 1. The maximum absolute atomic E-state index is 12.7. The Labute approximate surface area is 160 Å². The predicted molar refractivity (Wildman–Crippen MR) is 102 cm³/mol. The number of hydrogen-bond donors (Lipinski definition) is 0. The monoisotopic (exact) mass is 366 g/mol. The molecule has 1 fully saturated rings. The number of aromatic nitrogens is 2. The first-order valence-corrected chi connectivity index (χ1v) is 9.41. The van der Waals surface area contributed by atoms with Crippen LogP contribution in [0.4, 0.5) is 0 Å². The number of nitrogens with zero attached hydrogens (tertiary/aromatic N) is 4. The molecule has 0 unspecified atom stereocenters. The van der Waals surface area contributed by atoms with E-state index >= 15 is 0 Å². The molecule has 0 N–H and O–H groups in total. The fourth-order valence-corrected chi connectivity index (χ4v) is 3.70. The van der Waals surface area contributed by atoms with Crippen molar-refractivity contribution in [1.82, 2.24) is 14.5 Å². The minimum Gasteiger partial charge on any atom is -0.377 e. The van der Waals surface area contributed by atoms with Crippen molar-refractivity contribution in [2.45, 2.75) is 39.3 Å². The smallest absolute Gasteiger partial charge is 0.253 e. The molecule has 0 spiro atoms. The van der Waals surface area contributed by atoms with E-state index in [0.29, 0.717) is 23.7 Å². The van der Waals surface area contributed by atoms with Crippen molar-refractivity contribution in [1.29, 1.82) is 5.26 Å². The Balaban J connectivity index is 1.52. The van der Waals surface area contributed by atoms with Gasteiger partial charge in [0.15, 0.2) is 0 Å². The summed E-state index contributed by atoms with van der Waals surface area (Å²) in [5.74, 6) is 1.61. The summed E-state index contributed by atoms with van der Waals surface area (Å²) in [6, 6.07) is 9.04. The number of aryl methyl sites for hydroxylation is 1. The first-order valence-electron chi connectivity index (χ1n) is 9.41. The van der Waals surface area contributed by atoms with Crippen LogP contribution in [0, 0.1) is 24.2 Å². The molecular weight excluding hydrogens is 340 g/mol. The van der Waals surface area contributed by atoms with E-state index in [2.05, 4.69) is 22.5 Å². The predicted octanol–water partition coefficient (Wildman–Crippen LogP) is 3.15. The molecule has 1 aromatic heterocycles. The Hall–Kier alpha value is -2.65. The number of carbonyl (C=O) groups is 1. The van der Waals surface area contributed by atoms with Crippen molar-refractivity contribution < 1.29 is 9.53 Å². The van der Waals surface area contributed by atoms with Crippen LogP contribution in [0.3, 0.4) is 0 Å². The highest BCUT2D eigenvalue weighted by Gasteiger charge is 2.24. The van der Waals surface area contributed by atoms with Crippen molar-refractivity contribution in [2.24, 2.45) is 5.92 Å². The van der Waals surface area contributed by atoms with Gasteiger partial charge in [0, 0.05) is 44.2 Å². The Morgan fingerprint density at radius 3 is 2.85 bits per heavy atom. The molecule has 2 aromatic rings. The Kier molecular flexibility index (Phi) is 6.25. The summed E-state index contributed by atoms with van der Waals surface area (Å²) in [5.41, 5.74) is 2.29. The Bertz CT molecular complexity index is 829. The molecule has 1 aromatic carbocycles. The second-order valence-electron chi connectivity index (χ2n) is 7.12. The first kappa shape index (κ1) is 19.1. The molecule has 1 saturated heterocycles. The third-order valence-corrected chi connectivity index (χ3v) is 5.31. The standard InChI is InChI=1S/C21H26N4O2/c1-16-14-23-20(15-27-2)25(16)11-8-17-6-9-24(10-7-17)21(26)19-5-3-4-18(12-19)13-22/h3-5,12,14,17H,6-11,15H2,1-2H3. The van der Waals surface area contributed by atoms with Gasteiger partial charge < -0.3 is 14.2 Å². The lowest BCUT2D eigenvalue weighted by molar-refractivity contribution is 0.0684. The number of piperidine rings is 1. The highest BCUT2D eigenvalue weighted by Crippen LogP contribution is 2.23. The molecule has 0 atom stereocenters. The highest BCUT2D eigenvalue weighted by atomic mass is 16.5. The van der Waals surface area contributed by atoms with Crippen LogP contribution < -0.4 is 0 Å². The fourth-order valence-electron chi connectivity index (χ4n) is 3.70. The van der Waals surface area contributed by atoms with Gasteiger partial charge in [0.1, 0.15) is 12.4 Å². The number of methoxy groups -OCH3 is 1. The van der Waals surface area contributed by atoms with Gasteiger partial charge in [-0.3, -0.25) is 4.79 Å². The molecule has 6 heteroatoms. The molecule has 1 amide bonds. The summed E-state index contributed by atoms with van der Waals surface area (Å²) < 4.78 is 7.46. The van der Waals surface area contributed by atoms with Crippen molar-refractivity contribution in [3.8, 4) is 6.07 Å². The number of ether oxygens (including phenoxy) is 1. The average molecular weight is 366 g/mol. The number of carbonyl (C=O) groups excluding carboxylic acids is 1. The topological polar surface area (TPSA) is 71.2 Å². The lowest BCUT2D eigenvalue weighted by Gasteiger charge is -2.32. The van der Waals surface area contributed by atoms with Crippen LogP contribution in [-0.4, -0.2) is 40.6 Å². The summed E-state index contributed by atoms with van der Waals surface area (Å²) in [4.78, 5) is 19.0. The molecule has 0 radical (unpaired) electrons. The first-order chi connectivity index (χ1) is 13.1. The number of hydrogen-bond acceptors (Lipinski definition) is 4. The van der Waals surface area contributed by atoms with E-state index in [0.717, 1.165) is 50.4 Å². The minimum atomic E-state index is 0.0263. The molecule has 0 aliphatic carbocycles. The third kappa shape index (κ3) is 4.55. The molecule has 0 saturated carbocycles. The summed E-state index contributed by atoms with van der Waals surface area (Å²) >= 11 is 0. The molecule has 0 bridgehead atoms. The highest BCUT2D eigenvalue weighted by molar-refractivity contribution is 5.94.